The van der Waals surface area contributed by atoms with Gasteiger partial charge in [-0.25, -0.2) is 9.59 Å². The van der Waals surface area contributed by atoms with E-state index in [-0.39, 0.29) is 25.3 Å². The van der Waals surface area contributed by atoms with Crippen LogP contribution in [0.3, 0.4) is 0 Å². The van der Waals surface area contributed by atoms with Crippen LogP contribution in [0, 0.1) is 0 Å². The Kier molecular flexibility index (Phi) is 13.4. The number of amides is 4. The Morgan fingerprint density at radius 1 is 1.00 bits per heavy atom. The second-order valence-electron chi connectivity index (χ2n) is 8.06. The minimum Gasteiger partial charge on any atom is -0.467 e. The molecule has 2 atom stereocenters. The highest BCUT2D eigenvalue weighted by molar-refractivity contribution is 5.92. The van der Waals surface area contributed by atoms with E-state index in [2.05, 4.69) is 32.6 Å². The Balaban J connectivity index is 4.88. The average Bonchev–Trinajstić information content (AvgIpc) is 2.68. The van der Waals surface area contributed by atoms with Crippen molar-refractivity contribution in [3.63, 3.8) is 0 Å². The lowest BCUT2D eigenvalue weighted by Crippen LogP contribution is -2.53. The molecule has 0 heterocycles. The van der Waals surface area contributed by atoms with Crippen LogP contribution in [0.1, 0.15) is 53.4 Å². The van der Waals surface area contributed by atoms with Gasteiger partial charge in [0, 0.05) is 13.5 Å². The Morgan fingerprint density at radius 2 is 1.66 bits per heavy atom. The maximum absolute atomic E-state index is 12.7. The van der Waals surface area contributed by atoms with E-state index in [4.69, 9.17) is 4.74 Å². The maximum atomic E-state index is 12.7. The summed E-state index contributed by atoms with van der Waals surface area (Å²) < 4.78 is 9.82. The predicted octanol–water partition coefficient (Wildman–Crippen LogP) is 0.536. The molecule has 0 spiro atoms. The van der Waals surface area contributed by atoms with Gasteiger partial charge in [0.1, 0.15) is 17.7 Å². The highest BCUT2D eigenvalue weighted by atomic mass is 16.6. The number of carbonyl (C=O) groups is 5. The molecule has 4 amide bonds. The van der Waals surface area contributed by atoms with Crippen molar-refractivity contribution in [1.29, 1.82) is 0 Å². The molecular formula is C21H36N4O7. The van der Waals surface area contributed by atoms with Gasteiger partial charge in [-0.15, -0.1) is 6.58 Å². The second kappa shape index (κ2) is 14.8. The summed E-state index contributed by atoms with van der Waals surface area (Å²) in [6.45, 7) is 10.1. The molecule has 0 aliphatic heterocycles. The van der Waals surface area contributed by atoms with E-state index in [1.807, 2.05) is 0 Å². The summed E-state index contributed by atoms with van der Waals surface area (Å²) in [7, 11) is 1.20. The van der Waals surface area contributed by atoms with E-state index in [1.54, 1.807) is 20.8 Å². The first-order valence-corrected chi connectivity index (χ1v) is 10.4. The molecule has 0 bridgehead atoms. The van der Waals surface area contributed by atoms with Crippen molar-refractivity contribution in [2.45, 2.75) is 71.1 Å². The lowest BCUT2D eigenvalue weighted by Gasteiger charge is -2.22. The summed E-state index contributed by atoms with van der Waals surface area (Å²) >= 11 is 0. The first-order chi connectivity index (χ1) is 14.9. The number of carbonyl (C=O) groups excluding carboxylic acids is 5. The third-order valence-electron chi connectivity index (χ3n) is 3.94. The molecule has 0 rings (SSSR count). The summed E-state index contributed by atoms with van der Waals surface area (Å²) in [6, 6.07) is -1.89. The molecule has 0 radical (unpaired) electrons. The third-order valence-corrected chi connectivity index (χ3v) is 3.94. The first-order valence-electron chi connectivity index (χ1n) is 10.4. The van der Waals surface area contributed by atoms with Crippen LogP contribution < -0.4 is 21.3 Å². The molecule has 0 aromatic carbocycles. The van der Waals surface area contributed by atoms with E-state index in [0.717, 1.165) is 0 Å². The van der Waals surface area contributed by atoms with Crippen molar-refractivity contribution in [2.24, 2.45) is 0 Å². The molecule has 0 aliphatic carbocycles. The first kappa shape index (κ1) is 28.9. The standard InChI is InChI=1S/C21H36N4O7/c1-7-10-16(19(29)31-6)25-18(28)15(24-17(27)13-23-14(2)26)11-8-9-12-22-20(30)32-21(3,4)5/h7,15-16H,1,8-13H2,2-6H3,(H,22,30)(H,23,26)(H,24,27)(H,25,28)/t15?,16-/m0/s1. The fourth-order valence-corrected chi connectivity index (χ4v) is 2.49. The summed E-state index contributed by atoms with van der Waals surface area (Å²) in [5.74, 6) is -2.14. The topological polar surface area (TPSA) is 152 Å². The smallest absolute Gasteiger partial charge is 0.407 e. The van der Waals surface area contributed by atoms with E-state index in [1.165, 1.54) is 20.1 Å². The zero-order chi connectivity index (χ0) is 24.7. The van der Waals surface area contributed by atoms with Crippen LogP contribution >= 0.6 is 0 Å². The Morgan fingerprint density at radius 3 is 2.19 bits per heavy atom. The largest absolute Gasteiger partial charge is 0.467 e. The van der Waals surface area contributed by atoms with Crippen LogP contribution in [-0.2, 0) is 28.7 Å². The zero-order valence-corrected chi connectivity index (χ0v) is 19.5. The van der Waals surface area contributed by atoms with Gasteiger partial charge in [-0.1, -0.05) is 6.08 Å². The van der Waals surface area contributed by atoms with Crippen molar-refractivity contribution in [1.82, 2.24) is 21.3 Å². The van der Waals surface area contributed by atoms with Gasteiger partial charge in [-0.3, -0.25) is 14.4 Å². The highest BCUT2D eigenvalue weighted by Crippen LogP contribution is 2.07. The Bertz CT molecular complexity index is 674. The van der Waals surface area contributed by atoms with Crippen molar-refractivity contribution in [3.8, 4) is 0 Å². The van der Waals surface area contributed by atoms with E-state index < -0.39 is 41.6 Å². The summed E-state index contributed by atoms with van der Waals surface area (Å²) in [5, 5.41) is 10.1. The predicted molar refractivity (Wildman–Crippen MR) is 117 cm³/mol. The molecule has 4 N–H and O–H groups in total. The van der Waals surface area contributed by atoms with Crippen molar-refractivity contribution in [2.75, 3.05) is 20.2 Å². The second-order valence-corrected chi connectivity index (χ2v) is 8.06. The third kappa shape index (κ3) is 14.0. The number of methoxy groups -OCH3 is 1. The van der Waals surface area contributed by atoms with Crippen molar-refractivity contribution >= 4 is 29.8 Å². The molecular weight excluding hydrogens is 420 g/mol. The molecule has 0 aromatic heterocycles. The Hall–Kier alpha value is -3.11. The molecule has 0 aromatic rings. The fraction of sp³-hybridized carbons (Fsp3) is 0.667. The molecule has 11 nitrogen and oxygen atoms in total. The molecule has 0 aliphatic rings. The average molecular weight is 457 g/mol. The summed E-state index contributed by atoms with van der Waals surface area (Å²) in [5.41, 5.74) is -0.604. The normalized spacial score (nSPS) is 12.5. The molecule has 32 heavy (non-hydrogen) atoms. The molecule has 182 valence electrons. The van der Waals surface area contributed by atoms with Gasteiger partial charge < -0.3 is 30.7 Å². The van der Waals surface area contributed by atoms with Gasteiger partial charge in [0.15, 0.2) is 0 Å². The number of ether oxygens (including phenoxy) is 2. The van der Waals surface area contributed by atoms with Gasteiger partial charge in [-0.05, 0) is 46.5 Å². The van der Waals surface area contributed by atoms with E-state index >= 15 is 0 Å². The van der Waals surface area contributed by atoms with Crippen molar-refractivity contribution in [3.05, 3.63) is 12.7 Å². The fourth-order valence-electron chi connectivity index (χ4n) is 2.49. The number of alkyl carbamates (subject to hydrolysis) is 1. The maximum Gasteiger partial charge on any atom is 0.407 e. The number of rotatable bonds is 13. The highest BCUT2D eigenvalue weighted by Gasteiger charge is 2.26. The molecule has 0 saturated heterocycles. The van der Waals surface area contributed by atoms with E-state index in [0.29, 0.717) is 19.4 Å². The zero-order valence-electron chi connectivity index (χ0n) is 19.5. The van der Waals surface area contributed by atoms with Crippen LogP contribution in [0.25, 0.3) is 0 Å². The van der Waals surface area contributed by atoms with Crippen LogP contribution in [0.15, 0.2) is 12.7 Å². The molecule has 0 fully saturated rings. The van der Waals surface area contributed by atoms with Crippen LogP contribution in [0.4, 0.5) is 4.79 Å². The minimum absolute atomic E-state index is 0.158. The minimum atomic E-state index is -0.949. The SMILES string of the molecule is C=CC[C@H](NC(=O)C(CCCCNC(=O)OC(C)(C)C)NC(=O)CNC(C)=O)C(=O)OC. The number of nitrogens with one attached hydrogen (secondary N) is 4. The van der Waals surface area contributed by atoms with Gasteiger partial charge in [-0.2, -0.15) is 0 Å². The number of esters is 1. The number of hydrogen-bond donors (Lipinski definition) is 4. The summed E-state index contributed by atoms with van der Waals surface area (Å²) in [6.07, 6.45) is 2.34. The lowest BCUT2D eigenvalue weighted by atomic mass is 10.1. The Labute approximate surface area is 189 Å². The van der Waals surface area contributed by atoms with Crippen molar-refractivity contribution < 1.29 is 33.4 Å². The molecule has 11 heteroatoms. The van der Waals surface area contributed by atoms with Gasteiger partial charge in [0.05, 0.1) is 13.7 Å². The number of unbranched alkanes of at least 4 members (excludes halogenated alkanes) is 1. The monoisotopic (exact) mass is 456 g/mol. The molecule has 1 unspecified atom stereocenters. The quantitative estimate of drug-likeness (QED) is 0.179. The van der Waals surface area contributed by atoms with E-state index in [9.17, 15) is 24.0 Å². The summed E-state index contributed by atoms with van der Waals surface area (Å²) in [4.78, 5) is 59.3. The van der Waals surface area contributed by atoms with Gasteiger partial charge in [0.25, 0.3) is 0 Å². The number of hydrogen-bond acceptors (Lipinski definition) is 7. The van der Waals surface area contributed by atoms with Gasteiger partial charge in [0.2, 0.25) is 17.7 Å². The lowest BCUT2D eigenvalue weighted by molar-refractivity contribution is -0.145. The van der Waals surface area contributed by atoms with Crippen LogP contribution in [-0.4, -0.2) is 67.7 Å². The molecule has 0 saturated carbocycles. The van der Waals surface area contributed by atoms with Gasteiger partial charge >= 0.3 is 12.1 Å². The van der Waals surface area contributed by atoms with Crippen LogP contribution in [0.2, 0.25) is 0 Å². The van der Waals surface area contributed by atoms with Crippen LogP contribution in [0.5, 0.6) is 0 Å².